The molecule has 0 N–H and O–H groups in total. The lowest BCUT2D eigenvalue weighted by Crippen LogP contribution is -2.39. The minimum absolute atomic E-state index is 0.174. The quantitative estimate of drug-likeness (QED) is 0.807. The van der Waals surface area contributed by atoms with E-state index in [2.05, 4.69) is 0 Å². The molecule has 2 nitrogen and oxygen atoms in total. The minimum atomic E-state index is -2.59. The smallest absolute Gasteiger partial charge is 0.251 e. The lowest BCUT2D eigenvalue weighted by molar-refractivity contribution is -0.0221. The third-order valence-corrected chi connectivity index (χ3v) is 3.26. The first-order valence-corrected chi connectivity index (χ1v) is 5.90. The van der Waals surface area contributed by atoms with Crippen LogP contribution < -0.4 is 9.64 Å². The van der Waals surface area contributed by atoms with Gasteiger partial charge in [0.2, 0.25) is 0 Å². The summed E-state index contributed by atoms with van der Waals surface area (Å²) in [7, 11) is 1.45. The fourth-order valence-electron chi connectivity index (χ4n) is 2.32. The summed E-state index contributed by atoms with van der Waals surface area (Å²) in [4.78, 5) is 1.84. The number of hydrogen-bond donors (Lipinski definition) is 0. The van der Waals surface area contributed by atoms with Crippen LogP contribution >= 0.6 is 0 Å². The zero-order valence-electron chi connectivity index (χ0n) is 10.5. The molecule has 0 amide bonds. The van der Waals surface area contributed by atoms with Gasteiger partial charge in [-0.05, 0) is 18.6 Å². The molecule has 1 aliphatic heterocycles. The zero-order chi connectivity index (χ0) is 13.3. The number of alkyl halides is 2. The molecule has 1 aliphatic rings. The second kappa shape index (κ2) is 4.71. The van der Waals surface area contributed by atoms with Gasteiger partial charge in [0.1, 0.15) is 11.6 Å². The molecule has 0 aromatic heterocycles. The number of benzene rings is 1. The maximum absolute atomic E-state index is 13.3. The van der Waals surface area contributed by atoms with E-state index < -0.39 is 5.92 Å². The number of halogens is 3. The van der Waals surface area contributed by atoms with Crippen molar-refractivity contribution < 1.29 is 17.9 Å². The number of methoxy groups -OCH3 is 1. The van der Waals surface area contributed by atoms with Crippen molar-refractivity contribution in [2.24, 2.45) is 0 Å². The molecule has 1 saturated heterocycles. The fourth-order valence-corrected chi connectivity index (χ4v) is 2.32. The highest BCUT2D eigenvalue weighted by Crippen LogP contribution is 2.37. The van der Waals surface area contributed by atoms with E-state index in [0.29, 0.717) is 11.3 Å². The predicted octanol–water partition coefficient (Wildman–Crippen LogP) is 3.38. The van der Waals surface area contributed by atoms with Crippen LogP contribution in [0.4, 0.5) is 18.9 Å². The Bertz CT molecular complexity index is 438. The van der Waals surface area contributed by atoms with E-state index in [1.807, 2.05) is 4.90 Å². The van der Waals surface area contributed by atoms with Crippen molar-refractivity contribution in [3.63, 3.8) is 0 Å². The molecular formula is C13H16F3NO. The van der Waals surface area contributed by atoms with Crippen molar-refractivity contribution in [3.05, 3.63) is 23.5 Å². The average molecular weight is 259 g/mol. The van der Waals surface area contributed by atoms with Crippen molar-refractivity contribution in [1.29, 1.82) is 0 Å². The van der Waals surface area contributed by atoms with Gasteiger partial charge in [0.05, 0.1) is 12.8 Å². The molecule has 0 unspecified atom stereocenters. The molecule has 0 bridgehead atoms. The number of ether oxygens (including phenoxy) is 1. The first-order valence-electron chi connectivity index (χ1n) is 5.90. The summed E-state index contributed by atoms with van der Waals surface area (Å²) in [5, 5.41) is 0. The van der Waals surface area contributed by atoms with Crippen LogP contribution in [0, 0.1) is 12.7 Å². The van der Waals surface area contributed by atoms with Crippen molar-refractivity contribution in [3.8, 4) is 5.75 Å². The lowest BCUT2D eigenvalue weighted by Gasteiger charge is -2.35. The SMILES string of the molecule is COc1cc(F)cc(C)c1N1CCC(F)(F)CC1. The van der Waals surface area contributed by atoms with Gasteiger partial charge >= 0.3 is 0 Å². The standard InChI is InChI=1S/C13H16F3NO/c1-9-7-10(14)8-11(18-2)12(9)17-5-3-13(15,16)4-6-17/h7-8H,3-6H2,1-2H3. The minimum Gasteiger partial charge on any atom is -0.494 e. The summed E-state index contributed by atoms with van der Waals surface area (Å²) >= 11 is 0. The van der Waals surface area contributed by atoms with Crippen molar-refractivity contribution >= 4 is 5.69 Å². The Kier molecular flexibility index (Phi) is 3.41. The Hall–Kier alpha value is -1.39. The number of piperidine rings is 1. The van der Waals surface area contributed by atoms with Gasteiger partial charge in [-0.3, -0.25) is 0 Å². The molecule has 1 aromatic rings. The highest BCUT2D eigenvalue weighted by atomic mass is 19.3. The Morgan fingerprint density at radius 2 is 1.83 bits per heavy atom. The van der Waals surface area contributed by atoms with Gasteiger partial charge in [0, 0.05) is 32.0 Å². The summed E-state index contributed by atoms with van der Waals surface area (Å²) in [5.41, 5.74) is 1.42. The zero-order valence-corrected chi connectivity index (χ0v) is 10.5. The van der Waals surface area contributed by atoms with E-state index in [0.717, 1.165) is 5.69 Å². The molecule has 2 rings (SSSR count). The molecule has 1 fully saturated rings. The molecular weight excluding hydrogens is 243 g/mol. The number of rotatable bonds is 2. The highest BCUT2D eigenvalue weighted by Gasteiger charge is 2.35. The molecule has 1 aromatic carbocycles. The van der Waals surface area contributed by atoms with Crippen molar-refractivity contribution in [2.75, 3.05) is 25.1 Å². The number of aryl methyl sites for hydroxylation is 1. The van der Waals surface area contributed by atoms with E-state index in [-0.39, 0.29) is 31.7 Å². The van der Waals surface area contributed by atoms with E-state index in [1.54, 1.807) is 6.92 Å². The summed E-state index contributed by atoms with van der Waals surface area (Å²) in [5.74, 6) is -2.56. The first kappa shape index (κ1) is 13.1. The van der Waals surface area contributed by atoms with Crippen molar-refractivity contribution in [1.82, 2.24) is 0 Å². The van der Waals surface area contributed by atoms with Gasteiger partial charge in [-0.1, -0.05) is 0 Å². The second-order valence-corrected chi connectivity index (χ2v) is 4.62. The van der Waals surface area contributed by atoms with Crippen LogP contribution in [0.25, 0.3) is 0 Å². The maximum atomic E-state index is 13.3. The molecule has 0 saturated carbocycles. The summed E-state index contributed by atoms with van der Waals surface area (Å²) in [6.07, 6.45) is -0.347. The fraction of sp³-hybridized carbons (Fsp3) is 0.538. The maximum Gasteiger partial charge on any atom is 0.251 e. The van der Waals surface area contributed by atoms with Gasteiger partial charge < -0.3 is 9.64 Å². The van der Waals surface area contributed by atoms with Gasteiger partial charge in [0.25, 0.3) is 5.92 Å². The van der Waals surface area contributed by atoms with Gasteiger partial charge in [-0.15, -0.1) is 0 Å². The molecule has 1 heterocycles. The van der Waals surface area contributed by atoms with Crippen LogP contribution in [0.3, 0.4) is 0 Å². The third-order valence-electron chi connectivity index (χ3n) is 3.26. The van der Waals surface area contributed by atoms with Gasteiger partial charge in [0.15, 0.2) is 0 Å². The van der Waals surface area contributed by atoms with E-state index in [9.17, 15) is 13.2 Å². The topological polar surface area (TPSA) is 12.5 Å². The number of anilines is 1. The molecule has 0 atom stereocenters. The lowest BCUT2D eigenvalue weighted by atomic mass is 10.0. The molecule has 0 aliphatic carbocycles. The molecule has 0 spiro atoms. The summed E-state index contributed by atoms with van der Waals surface area (Å²) < 4.78 is 44.7. The molecule has 5 heteroatoms. The molecule has 0 radical (unpaired) electrons. The average Bonchev–Trinajstić information content (AvgIpc) is 2.29. The van der Waals surface area contributed by atoms with Crippen LogP contribution in [0.1, 0.15) is 18.4 Å². The second-order valence-electron chi connectivity index (χ2n) is 4.62. The first-order chi connectivity index (χ1) is 8.43. The Labute approximate surface area is 104 Å². The highest BCUT2D eigenvalue weighted by molar-refractivity contribution is 5.64. The van der Waals surface area contributed by atoms with Crippen LogP contribution in [-0.2, 0) is 0 Å². The van der Waals surface area contributed by atoms with E-state index in [1.165, 1.54) is 19.2 Å². The Balaban J connectivity index is 2.29. The predicted molar refractivity (Wildman–Crippen MR) is 64.1 cm³/mol. The van der Waals surface area contributed by atoms with Crippen LogP contribution in [0.5, 0.6) is 5.75 Å². The molecule has 100 valence electrons. The normalized spacial score (nSPS) is 18.8. The summed E-state index contributed by atoms with van der Waals surface area (Å²) in [6, 6.07) is 2.68. The van der Waals surface area contributed by atoms with Crippen LogP contribution in [0.2, 0.25) is 0 Å². The van der Waals surface area contributed by atoms with Crippen LogP contribution in [0.15, 0.2) is 12.1 Å². The Morgan fingerprint density at radius 3 is 2.39 bits per heavy atom. The van der Waals surface area contributed by atoms with E-state index >= 15 is 0 Å². The number of hydrogen-bond acceptors (Lipinski definition) is 2. The van der Waals surface area contributed by atoms with Crippen LogP contribution in [-0.4, -0.2) is 26.1 Å². The largest absolute Gasteiger partial charge is 0.494 e. The van der Waals surface area contributed by atoms with E-state index in [4.69, 9.17) is 4.74 Å². The summed E-state index contributed by atoms with van der Waals surface area (Å²) in [6.45, 7) is 2.28. The van der Waals surface area contributed by atoms with Crippen molar-refractivity contribution in [2.45, 2.75) is 25.7 Å². The van der Waals surface area contributed by atoms with Gasteiger partial charge in [-0.25, -0.2) is 13.2 Å². The molecule has 18 heavy (non-hydrogen) atoms. The number of nitrogens with zero attached hydrogens (tertiary/aromatic N) is 1. The Morgan fingerprint density at radius 1 is 1.22 bits per heavy atom. The third kappa shape index (κ3) is 2.54. The van der Waals surface area contributed by atoms with Gasteiger partial charge in [-0.2, -0.15) is 0 Å². The monoisotopic (exact) mass is 259 g/mol.